The van der Waals surface area contributed by atoms with Crippen LogP contribution in [0.2, 0.25) is 0 Å². The first-order valence-electron chi connectivity index (χ1n) is 6.53. The van der Waals surface area contributed by atoms with Crippen molar-refractivity contribution in [3.05, 3.63) is 34.3 Å². The van der Waals surface area contributed by atoms with Gasteiger partial charge in [0, 0.05) is 16.1 Å². The predicted molar refractivity (Wildman–Crippen MR) is 83.1 cm³/mol. The molecule has 0 saturated heterocycles. The molecule has 0 aliphatic heterocycles. The predicted octanol–water partition coefficient (Wildman–Crippen LogP) is 3.31. The Morgan fingerprint density at radius 1 is 1.33 bits per heavy atom. The van der Waals surface area contributed by atoms with Gasteiger partial charge in [-0.1, -0.05) is 35.0 Å². The van der Waals surface area contributed by atoms with Crippen molar-refractivity contribution in [1.29, 1.82) is 0 Å². The number of hydrogen-bond acceptors (Lipinski definition) is 2. The maximum absolute atomic E-state index is 3.62. The third kappa shape index (κ3) is 4.08. The van der Waals surface area contributed by atoms with Crippen LogP contribution in [0.3, 0.4) is 0 Å². The van der Waals surface area contributed by atoms with Crippen LogP contribution in [0.25, 0.3) is 0 Å². The smallest absolute Gasteiger partial charge is 0.0303 e. The summed E-state index contributed by atoms with van der Waals surface area (Å²) in [6.45, 7) is 7.74. The fraction of sp³-hybridized carbons (Fsp3) is 0.600. The van der Waals surface area contributed by atoms with Gasteiger partial charge in [0.15, 0.2) is 0 Å². The molecule has 0 amide bonds. The molecule has 1 unspecified atom stereocenters. The second kappa shape index (κ2) is 6.69. The van der Waals surface area contributed by atoms with E-state index in [1.165, 1.54) is 5.56 Å². The standard InChI is InChI=1S/C15H25BrN2/c1-6-17-14(15(2,3)18(4)5)11-12-8-7-9-13(16)10-12/h7-10,14,17H,6,11H2,1-5H3. The van der Waals surface area contributed by atoms with Crippen LogP contribution in [0.5, 0.6) is 0 Å². The van der Waals surface area contributed by atoms with Crippen LogP contribution in [-0.4, -0.2) is 37.1 Å². The molecule has 3 heteroatoms. The molecular weight excluding hydrogens is 288 g/mol. The second-order valence-corrected chi connectivity index (χ2v) is 6.41. The lowest BCUT2D eigenvalue weighted by atomic mass is 9.88. The Morgan fingerprint density at radius 2 is 2.00 bits per heavy atom. The van der Waals surface area contributed by atoms with Gasteiger partial charge in [-0.3, -0.25) is 0 Å². The Hall–Kier alpha value is -0.380. The van der Waals surface area contributed by atoms with Crippen molar-refractivity contribution < 1.29 is 0 Å². The van der Waals surface area contributed by atoms with Gasteiger partial charge in [-0.2, -0.15) is 0 Å². The lowest BCUT2D eigenvalue weighted by molar-refractivity contribution is 0.138. The summed E-state index contributed by atoms with van der Waals surface area (Å²) in [7, 11) is 4.29. The number of rotatable bonds is 6. The van der Waals surface area contributed by atoms with Gasteiger partial charge in [-0.05, 0) is 58.6 Å². The molecule has 0 fully saturated rings. The summed E-state index contributed by atoms with van der Waals surface area (Å²) in [5, 5.41) is 3.62. The topological polar surface area (TPSA) is 15.3 Å². The zero-order chi connectivity index (χ0) is 13.8. The van der Waals surface area contributed by atoms with E-state index in [2.05, 4.69) is 85.3 Å². The molecule has 1 aromatic rings. The number of likely N-dealkylation sites (N-methyl/N-ethyl adjacent to an activating group) is 2. The molecule has 0 heterocycles. The van der Waals surface area contributed by atoms with Gasteiger partial charge in [0.1, 0.15) is 0 Å². The number of benzene rings is 1. The molecule has 2 nitrogen and oxygen atoms in total. The van der Waals surface area contributed by atoms with Crippen LogP contribution in [0.1, 0.15) is 26.3 Å². The monoisotopic (exact) mass is 312 g/mol. The minimum atomic E-state index is 0.123. The van der Waals surface area contributed by atoms with Crippen molar-refractivity contribution in [2.75, 3.05) is 20.6 Å². The Bertz CT molecular complexity index is 375. The van der Waals surface area contributed by atoms with Gasteiger partial charge >= 0.3 is 0 Å². The van der Waals surface area contributed by atoms with Crippen molar-refractivity contribution in [1.82, 2.24) is 10.2 Å². The highest BCUT2D eigenvalue weighted by atomic mass is 79.9. The molecule has 0 aromatic heterocycles. The van der Waals surface area contributed by atoms with Crippen molar-refractivity contribution in [2.24, 2.45) is 0 Å². The molecule has 0 radical (unpaired) electrons. The summed E-state index contributed by atoms with van der Waals surface area (Å²) in [5.41, 5.74) is 1.49. The first-order valence-corrected chi connectivity index (χ1v) is 7.32. The van der Waals surface area contributed by atoms with Crippen LogP contribution in [-0.2, 0) is 6.42 Å². The molecule has 1 rings (SSSR count). The molecule has 0 spiro atoms. The Morgan fingerprint density at radius 3 is 2.50 bits per heavy atom. The average Bonchev–Trinajstić information content (AvgIpc) is 2.28. The Balaban J connectivity index is 2.87. The van der Waals surface area contributed by atoms with Crippen LogP contribution >= 0.6 is 15.9 Å². The molecule has 0 bridgehead atoms. The SMILES string of the molecule is CCNC(Cc1cccc(Br)c1)C(C)(C)N(C)C. The molecule has 102 valence electrons. The van der Waals surface area contributed by atoms with Crippen LogP contribution in [0.15, 0.2) is 28.7 Å². The summed E-state index contributed by atoms with van der Waals surface area (Å²) < 4.78 is 1.15. The van der Waals surface area contributed by atoms with Crippen LogP contribution in [0.4, 0.5) is 0 Å². The molecule has 0 aliphatic carbocycles. The van der Waals surface area contributed by atoms with Gasteiger partial charge in [-0.15, -0.1) is 0 Å². The molecule has 0 saturated carbocycles. The first-order chi connectivity index (χ1) is 8.37. The van der Waals surface area contributed by atoms with Gasteiger partial charge in [-0.25, -0.2) is 0 Å². The van der Waals surface area contributed by atoms with E-state index >= 15 is 0 Å². The highest BCUT2D eigenvalue weighted by Crippen LogP contribution is 2.21. The van der Waals surface area contributed by atoms with Crippen molar-refractivity contribution >= 4 is 15.9 Å². The third-order valence-corrected chi connectivity index (χ3v) is 4.28. The highest BCUT2D eigenvalue weighted by molar-refractivity contribution is 9.10. The van der Waals surface area contributed by atoms with E-state index < -0.39 is 0 Å². The Kier molecular flexibility index (Phi) is 5.83. The van der Waals surface area contributed by atoms with Crippen molar-refractivity contribution in [3.8, 4) is 0 Å². The van der Waals surface area contributed by atoms with Gasteiger partial charge in [0.2, 0.25) is 0 Å². The van der Waals surface area contributed by atoms with Gasteiger partial charge < -0.3 is 10.2 Å². The number of halogens is 1. The number of hydrogen-bond donors (Lipinski definition) is 1. The lowest BCUT2D eigenvalue weighted by Gasteiger charge is -2.40. The van der Waals surface area contributed by atoms with Crippen LogP contribution in [0, 0.1) is 0 Å². The molecule has 18 heavy (non-hydrogen) atoms. The van der Waals surface area contributed by atoms with Gasteiger partial charge in [0.05, 0.1) is 0 Å². The summed E-state index contributed by atoms with van der Waals surface area (Å²) in [4.78, 5) is 2.29. The maximum Gasteiger partial charge on any atom is 0.0303 e. The number of nitrogens with zero attached hydrogens (tertiary/aromatic N) is 1. The molecule has 1 atom stereocenters. The van der Waals surface area contributed by atoms with Crippen molar-refractivity contribution in [2.45, 2.75) is 38.8 Å². The minimum Gasteiger partial charge on any atom is -0.312 e. The van der Waals surface area contributed by atoms with E-state index in [1.807, 2.05) is 0 Å². The second-order valence-electron chi connectivity index (χ2n) is 5.49. The van der Waals surface area contributed by atoms with E-state index in [0.717, 1.165) is 17.4 Å². The van der Waals surface area contributed by atoms with E-state index in [9.17, 15) is 0 Å². The van der Waals surface area contributed by atoms with Gasteiger partial charge in [0.25, 0.3) is 0 Å². The number of nitrogens with one attached hydrogen (secondary N) is 1. The lowest BCUT2D eigenvalue weighted by Crippen LogP contribution is -2.56. The average molecular weight is 313 g/mol. The molecular formula is C15H25BrN2. The zero-order valence-electron chi connectivity index (χ0n) is 12.1. The normalized spacial score (nSPS) is 13.9. The quantitative estimate of drug-likeness (QED) is 0.867. The van der Waals surface area contributed by atoms with Crippen LogP contribution < -0.4 is 5.32 Å². The fourth-order valence-electron chi connectivity index (χ4n) is 2.03. The zero-order valence-corrected chi connectivity index (χ0v) is 13.7. The van der Waals surface area contributed by atoms with E-state index in [0.29, 0.717) is 6.04 Å². The van der Waals surface area contributed by atoms with Crippen molar-refractivity contribution in [3.63, 3.8) is 0 Å². The largest absolute Gasteiger partial charge is 0.312 e. The Labute approximate surface area is 120 Å². The van der Waals surface area contributed by atoms with E-state index in [4.69, 9.17) is 0 Å². The van der Waals surface area contributed by atoms with E-state index in [-0.39, 0.29) is 5.54 Å². The molecule has 1 N–H and O–H groups in total. The summed E-state index contributed by atoms with van der Waals surface area (Å²) in [5.74, 6) is 0. The first kappa shape index (κ1) is 15.7. The third-order valence-electron chi connectivity index (χ3n) is 3.78. The fourth-order valence-corrected chi connectivity index (χ4v) is 2.48. The minimum absolute atomic E-state index is 0.123. The summed E-state index contributed by atoms with van der Waals surface area (Å²) in [6, 6.07) is 9.01. The molecule has 0 aliphatic rings. The highest BCUT2D eigenvalue weighted by Gasteiger charge is 2.30. The molecule has 1 aromatic carbocycles. The van der Waals surface area contributed by atoms with E-state index in [1.54, 1.807) is 0 Å². The summed E-state index contributed by atoms with van der Waals surface area (Å²) in [6.07, 6.45) is 1.04. The maximum atomic E-state index is 3.62. The summed E-state index contributed by atoms with van der Waals surface area (Å²) >= 11 is 3.54.